The molecule has 3 fully saturated rings. The van der Waals surface area contributed by atoms with E-state index in [-0.39, 0.29) is 37.4 Å². The second kappa shape index (κ2) is 12.5. The topological polar surface area (TPSA) is 90.4 Å². The van der Waals surface area contributed by atoms with Crippen molar-refractivity contribution in [1.82, 2.24) is 9.80 Å². The van der Waals surface area contributed by atoms with Crippen molar-refractivity contribution in [1.29, 1.82) is 0 Å². The lowest BCUT2D eigenvalue weighted by Crippen LogP contribution is -2.58. The standard InChI is InChI=1S/C35H43N3O5/c1-5-21-36(23-25-15-11-9-12-16-25)33(42)30-35-20-19-34(8-4,43-35)28(29(35)32(41)38(30)26(7-3)24-39)31(40)37(22-6-2)27-17-13-10-14-18-27/h5-6,9-18,26,28-30,39H,1-2,7-8,19-24H2,3-4H3/t26-,28+,29-,30?,34-,35?/m0/s1. The van der Waals surface area contributed by atoms with E-state index >= 15 is 0 Å². The number of hydrogen-bond acceptors (Lipinski definition) is 5. The van der Waals surface area contributed by atoms with E-state index in [1.165, 1.54) is 0 Å². The number of ether oxygens (including phenoxy) is 1. The number of carbonyl (C=O) groups is 3. The molecule has 5 rings (SSSR count). The van der Waals surface area contributed by atoms with Crippen LogP contribution in [0.1, 0.15) is 45.1 Å². The molecular weight excluding hydrogens is 542 g/mol. The summed E-state index contributed by atoms with van der Waals surface area (Å²) in [5.74, 6) is -2.38. The summed E-state index contributed by atoms with van der Waals surface area (Å²) < 4.78 is 6.98. The Balaban J connectivity index is 1.61. The van der Waals surface area contributed by atoms with E-state index in [0.717, 1.165) is 5.56 Å². The highest BCUT2D eigenvalue weighted by molar-refractivity contribution is 6.03. The van der Waals surface area contributed by atoms with Gasteiger partial charge >= 0.3 is 0 Å². The molecule has 43 heavy (non-hydrogen) atoms. The van der Waals surface area contributed by atoms with Gasteiger partial charge in [0, 0.05) is 25.3 Å². The summed E-state index contributed by atoms with van der Waals surface area (Å²) in [5.41, 5.74) is -0.388. The first-order valence-electron chi connectivity index (χ1n) is 15.4. The maximum Gasteiger partial charge on any atom is 0.249 e. The van der Waals surface area contributed by atoms with E-state index < -0.39 is 35.1 Å². The van der Waals surface area contributed by atoms with Crippen LogP contribution in [0.2, 0.25) is 0 Å². The molecule has 0 aromatic heterocycles. The number of anilines is 1. The van der Waals surface area contributed by atoms with Gasteiger partial charge in [-0.3, -0.25) is 14.4 Å². The molecule has 1 spiro atoms. The molecule has 2 bridgehead atoms. The van der Waals surface area contributed by atoms with Crippen molar-refractivity contribution in [3.05, 3.63) is 91.5 Å². The minimum absolute atomic E-state index is 0.204. The van der Waals surface area contributed by atoms with Crippen molar-refractivity contribution in [2.45, 2.75) is 69.4 Å². The number of fused-ring (bicyclic) bond motifs is 1. The summed E-state index contributed by atoms with van der Waals surface area (Å²) in [6.07, 6.45) is 5.39. The Morgan fingerprint density at radius 3 is 2.26 bits per heavy atom. The second-order valence-corrected chi connectivity index (χ2v) is 11.9. The molecule has 0 aliphatic carbocycles. The summed E-state index contributed by atoms with van der Waals surface area (Å²) in [4.78, 5) is 48.9. The number of benzene rings is 2. The fourth-order valence-corrected chi connectivity index (χ4v) is 7.71. The van der Waals surface area contributed by atoms with E-state index in [1.54, 1.807) is 26.9 Å². The van der Waals surface area contributed by atoms with Crippen molar-refractivity contribution in [3.63, 3.8) is 0 Å². The minimum Gasteiger partial charge on any atom is -0.394 e. The predicted octanol–water partition coefficient (Wildman–Crippen LogP) is 4.35. The average Bonchev–Trinajstić information content (AvgIpc) is 3.64. The molecule has 8 nitrogen and oxygen atoms in total. The monoisotopic (exact) mass is 585 g/mol. The Morgan fingerprint density at radius 1 is 1.02 bits per heavy atom. The van der Waals surface area contributed by atoms with Crippen molar-refractivity contribution in [2.75, 3.05) is 24.6 Å². The van der Waals surface area contributed by atoms with Crippen LogP contribution in [0.15, 0.2) is 86.0 Å². The van der Waals surface area contributed by atoms with Gasteiger partial charge in [0.05, 0.1) is 30.1 Å². The van der Waals surface area contributed by atoms with Crippen molar-refractivity contribution < 1.29 is 24.2 Å². The first kappa shape index (κ1) is 30.7. The molecule has 2 unspecified atom stereocenters. The first-order chi connectivity index (χ1) is 20.8. The van der Waals surface area contributed by atoms with Crippen LogP contribution in [0.3, 0.4) is 0 Å². The number of aliphatic hydroxyl groups excluding tert-OH is 1. The number of likely N-dealkylation sites (tertiary alicyclic amines) is 1. The van der Waals surface area contributed by atoms with Gasteiger partial charge in [-0.1, -0.05) is 74.5 Å². The molecule has 3 heterocycles. The smallest absolute Gasteiger partial charge is 0.249 e. The van der Waals surface area contributed by atoms with E-state index in [2.05, 4.69) is 13.2 Å². The first-order valence-corrected chi connectivity index (χ1v) is 15.4. The van der Waals surface area contributed by atoms with Gasteiger partial charge in [0.1, 0.15) is 11.6 Å². The summed E-state index contributed by atoms with van der Waals surface area (Å²) in [6, 6.07) is 17.5. The molecule has 228 valence electrons. The quantitative estimate of drug-likeness (QED) is 0.353. The van der Waals surface area contributed by atoms with Gasteiger partial charge < -0.3 is 24.5 Å². The largest absolute Gasteiger partial charge is 0.394 e. The lowest BCUT2D eigenvalue weighted by atomic mass is 9.64. The third kappa shape index (κ3) is 5.00. The molecule has 1 N–H and O–H groups in total. The predicted molar refractivity (Wildman–Crippen MR) is 166 cm³/mol. The Labute approximate surface area is 254 Å². The zero-order valence-electron chi connectivity index (χ0n) is 25.2. The number of aliphatic hydroxyl groups is 1. The lowest BCUT2D eigenvalue weighted by molar-refractivity contribution is -0.156. The number of hydrogen-bond donors (Lipinski definition) is 1. The van der Waals surface area contributed by atoms with Crippen molar-refractivity contribution in [3.8, 4) is 0 Å². The molecule has 3 saturated heterocycles. The van der Waals surface area contributed by atoms with Gasteiger partial charge in [0.25, 0.3) is 0 Å². The fraction of sp³-hybridized carbons (Fsp3) is 0.457. The van der Waals surface area contributed by atoms with Crippen LogP contribution in [0.5, 0.6) is 0 Å². The summed E-state index contributed by atoms with van der Waals surface area (Å²) in [6.45, 7) is 12.2. The third-order valence-corrected chi connectivity index (χ3v) is 9.72. The maximum atomic E-state index is 14.7. The minimum atomic E-state index is -1.18. The van der Waals surface area contributed by atoms with Gasteiger partial charge in [0.15, 0.2) is 0 Å². The molecule has 6 atom stereocenters. The fourth-order valence-electron chi connectivity index (χ4n) is 7.71. The number of rotatable bonds is 13. The number of nitrogens with zero attached hydrogens (tertiary/aromatic N) is 3. The summed E-state index contributed by atoms with van der Waals surface area (Å²) in [5, 5.41) is 10.4. The normalized spacial score (nSPS) is 27.9. The van der Waals surface area contributed by atoms with E-state index in [4.69, 9.17) is 4.74 Å². The molecule has 0 saturated carbocycles. The molecule has 3 aliphatic rings. The Morgan fingerprint density at radius 2 is 1.67 bits per heavy atom. The van der Waals surface area contributed by atoms with E-state index in [9.17, 15) is 19.5 Å². The Hall–Kier alpha value is -3.75. The van der Waals surface area contributed by atoms with Crippen LogP contribution in [0.25, 0.3) is 0 Å². The zero-order chi connectivity index (χ0) is 30.8. The third-order valence-electron chi connectivity index (χ3n) is 9.72. The Kier molecular flexibility index (Phi) is 8.90. The van der Waals surface area contributed by atoms with Crippen LogP contribution < -0.4 is 4.90 Å². The molecular formula is C35H43N3O5. The zero-order valence-corrected chi connectivity index (χ0v) is 25.2. The van der Waals surface area contributed by atoms with Crippen molar-refractivity contribution >= 4 is 23.4 Å². The highest BCUT2D eigenvalue weighted by Crippen LogP contribution is 2.65. The number of carbonyl (C=O) groups excluding carboxylic acids is 3. The van der Waals surface area contributed by atoms with Gasteiger partial charge in [0.2, 0.25) is 17.7 Å². The van der Waals surface area contributed by atoms with Crippen LogP contribution in [-0.4, -0.2) is 75.6 Å². The molecule has 2 aromatic carbocycles. The molecule has 8 heteroatoms. The van der Waals surface area contributed by atoms with Crippen molar-refractivity contribution in [2.24, 2.45) is 11.8 Å². The highest BCUT2D eigenvalue weighted by atomic mass is 16.5. The molecule has 3 aliphatic heterocycles. The SMILES string of the molecule is C=CCN(Cc1ccccc1)C(=O)C1N([C@@H](CC)CO)C(=O)[C@@H]2[C@H](C(=O)N(CC=C)c3ccccc3)[C@]3(CC)CCC12O3. The molecule has 2 aromatic rings. The van der Waals surface area contributed by atoms with E-state index in [1.807, 2.05) is 74.5 Å². The second-order valence-electron chi connectivity index (χ2n) is 11.9. The average molecular weight is 586 g/mol. The molecule has 3 amide bonds. The van der Waals surface area contributed by atoms with Gasteiger partial charge in [-0.25, -0.2) is 0 Å². The molecule has 0 radical (unpaired) electrons. The van der Waals surface area contributed by atoms with Gasteiger partial charge in [-0.15, -0.1) is 13.2 Å². The van der Waals surface area contributed by atoms with Crippen LogP contribution in [0, 0.1) is 11.8 Å². The Bertz CT molecular complexity index is 1350. The summed E-state index contributed by atoms with van der Waals surface area (Å²) in [7, 11) is 0. The summed E-state index contributed by atoms with van der Waals surface area (Å²) >= 11 is 0. The van der Waals surface area contributed by atoms with Crippen LogP contribution in [0.4, 0.5) is 5.69 Å². The van der Waals surface area contributed by atoms with Gasteiger partial charge in [-0.2, -0.15) is 0 Å². The van der Waals surface area contributed by atoms with Crippen LogP contribution in [-0.2, 0) is 25.7 Å². The van der Waals surface area contributed by atoms with Crippen LogP contribution >= 0.6 is 0 Å². The lowest BCUT2D eigenvalue weighted by Gasteiger charge is -2.39. The maximum absolute atomic E-state index is 14.7. The van der Waals surface area contributed by atoms with Gasteiger partial charge in [-0.05, 0) is 43.4 Å². The number of para-hydroxylation sites is 1. The number of amides is 3. The van der Waals surface area contributed by atoms with E-state index in [0.29, 0.717) is 37.9 Å². The highest BCUT2D eigenvalue weighted by Gasteiger charge is 2.79.